The molecule has 1 saturated heterocycles. The molecule has 1 atom stereocenters. The molecule has 176 valence electrons. The van der Waals surface area contributed by atoms with Crippen LogP contribution in [0.5, 0.6) is 5.75 Å². The first-order valence-corrected chi connectivity index (χ1v) is 12.6. The summed E-state index contributed by atoms with van der Waals surface area (Å²) in [4.78, 5) is 14.4. The summed E-state index contributed by atoms with van der Waals surface area (Å²) in [6.07, 6.45) is 1.81. The summed E-state index contributed by atoms with van der Waals surface area (Å²) in [5, 5.41) is 9.11. The molecule has 2 aromatic rings. The molecule has 1 heterocycles. The third-order valence-corrected chi connectivity index (χ3v) is 7.63. The number of sulfonamides is 1. The smallest absolute Gasteiger partial charge is 0.276 e. The molecule has 1 fully saturated rings. The molecule has 33 heavy (non-hydrogen) atoms. The summed E-state index contributed by atoms with van der Waals surface area (Å²) in [5.74, 6) is 5.64. The van der Waals surface area contributed by atoms with E-state index in [1.807, 2.05) is 0 Å². The van der Waals surface area contributed by atoms with E-state index >= 15 is 0 Å². The van der Waals surface area contributed by atoms with E-state index in [-0.39, 0.29) is 22.4 Å². The Bertz CT molecular complexity index is 1180. The first kappa shape index (κ1) is 25.1. The van der Waals surface area contributed by atoms with Crippen molar-refractivity contribution in [2.45, 2.75) is 37.8 Å². The van der Waals surface area contributed by atoms with Crippen LogP contribution < -0.4 is 14.5 Å². The third-order valence-electron chi connectivity index (χ3n) is 5.40. The van der Waals surface area contributed by atoms with Crippen LogP contribution in [0.15, 0.2) is 45.8 Å². The maximum absolute atomic E-state index is 13.3. The van der Waals surface area contributed by atoms with Crippen molar-refractivity contribution in [1.82, 2.24) is 10.4 Å². The van der Waals surface area contributed by atoms with Gasteiger partial charge in [-0.1, -0.05) is 15.9 Å². The molecule has 2 aromatic carbocycles. The number of nitrogens with one attached hydrogen (secondary N) is 1. The van der Waals surface area contributed by atoms with Gasteiger partial charge in [-0.3, -0.25) is 19.2 Å². The second kappa shape index (κ2) is 10.6. The average molecular weight is 536 g/mol. The lowest BCUT2D eigenvalue weighted by Gasteiger charge is -2.25. The predicted molar refractivity (Wildman–Crippen MR) is 129 cm³/mol. The van der Waals surface area contributed by atoms with E-state index in [2.05, 4.69) is 32.7 Å². The number of anilines is 1. The molecule has 10 heteroatoms. The van der Waals surface area contributed by atoms with Gasteiger partial charge in [-0.05, 0) is 74.6 Å². The molecule has 0 radical (unpaired) electrons. The van der Waals surface area contributed by atoms with Gasteiger partial charge in [0.15, 0.2) is 0 Å². The van der Waals surface area contributed by atoms with Crippen molar-refractivity contribution in [3.8, 4) is 17.6 Å². The summed E-state index contributed by atoms with van der Waals surface area (Å²) in [7, 11) is -2.63. The summed E-state index contributed by atoms with van der Waals surface area (Å²) < 4.78 is 34.3. The fraction of sp³-hybridized carbons (Fsp3) is 0.348. The molecule has 0 aromatic heterocycles. The van der Waals surface area contributed by atoms with Crippen molar-refractivity contribution in [1.29, 1.82) is 0 Å². The van der Waals surface area contributed by atoms with E-state index in [0.717, 1.165) is 30.2 Å². The van der Waals surface area contributed by atoms with Crippen LogP contribution in [0.3, 0.4) is 0 Å². The van der Waals surface area contributed by atoms with Gasteiger partial charge < -0.3 is 4.74 Å². The van der Waals surface area contributed by atoms with Gasteiger partial charge in [0.25, 0.3) is 15.9 Å². The van der Waals surface area contributed by atoms with Crippen LogP contribution in [0.4, 0.5) is 5.69 Å². The summed E-state index contributed by atoms with van der Waals surface area (Å²) >= 11 is 3.30. The van der Waals surface area contributed by atoms with Crippen LogP contribution >= 0.6 is 15.9 Å². The van der Waals surface area contributed by atoms with Gasteiger partial charge in [0.1, 0.15) is 5.75 Å². The number of hydrogen-bond donors (Lipinski definition) is 2. The van der Waals surface area contributed by atoms with Crippen LogP contribution in [0.1, 0.15) is 35.7 Å². The Morgan fingerprint density at radius 2 is 1.88 bits per heavy atom. The topological polar surface area (TPSA) is 99.2 Å². The number of halogens is 1. The first-order chi connectivity index (χ1) is 15.7. The zero-order chi connectivity index (χ0) is 24.2. The minimum Gasteiger partial charge on any atom is -0.464 e. The van der Waals surface area contributed by atoms with Gasteiger partial charge in [-0.25, -0.2) is 13.9 Å². The molecule has 2 N–H and O–H groups in total. The van der Waals surface area contributed by atoms with Crippen molar-refractivity contribution in [2.75, 3.05) is 24.4 Å². The number of amides is 1. The highest BCUT2D eigenvalue weighted by Crippen LogP contribution is 2.32. The largest absolute Gasteiger partial charge is 0.464 e. The molecule has 1 aliphatic heterocycles. The Kier molecular flexibility index (Phi) is 8.02. The normalized spacial score (nSPS) is 14.8. The van der Waals surface area contributed by atoms with Gasteiger partial charge in [-0.2, -0.15) is 0 Å². The van der Waals surface area contributed by atoms with Crippen molar-refractivity contribution in [3.05, 3.63) is 52.0 Å². The minimum atomic E-state index is -4.00. The van der Waals surface area contributed by atoms with Crippen LogP contribution in [0.2, 0.25) is 0 Å². The number of carbonyl (C=O) groups excluding carboxylic acids is 1. The molecule has 1 amide bonds. The number of aryl methyl sites for hydroxylation is 1. The van der Waals surface area contributed by atoms with E-state index in [9.17, 15) is 13.2 Å². The zero-order valence-electron chi connectivity index (χ0n) is 18.6. The Labute approximate surface area is 202 Å². The molecule has 1 aliphatic rings. The molecular weight excluding hydrogens is 510 g/mol. The maximum atomic E-state index is 13.3. The van der Waals surface area contributed by atoms with Gasteiger partial charge in [0.2, 0.25) is 6.23 Å². The molecular formula is C23H26BrN3O5S. The molecule has 3 rings (SSSR count). The van der Waals surface area contributed by atoms with E-state index in [1.54, 1.807) is 37.5 Å². The highest BCUT2D eigenvalue weighted by atomic mass is 79.9. The minimum absolute atomic E-state index is 0.0157. The third kappa shape index (κ3) is 5.50. The number of hydrogen-bond acceptors (Lipinski definition) is 6. The quantitative estimate of drug-likeness (QED) is 0.319. The Morgan fingerprint density at radius 3 is 2.45 bits per heavy atom. The van der Waals surface area contributed by atoms with Crippen molar-refractivity contribution >= 4 is 37.5 Å². The lowest BCUT2D eigenvalue weighted by atomic mass is 10.1. The highest BCUT2D eigenvalue weighted by Gasteiger charge is 2.28. The maximum Gasteiger partial charge on any atom is 0.276 e. The second-order valence-electron chi connectivity index (χ2n) is 7.61. The summed E-state index contributed by atoms with van der Waals surface area (Å²) in [5.41, 5.74) is 2.29. The molecule has 0 saturated carbocycles. The van der Waals surface area contributed by atoms with E-state index in [1.165, 1.54) is 25.2 Å². The van der Waals surface area contributed by atoms with Crippen LogP contribution in [0.25, 0.3) is 0 Å². The lowest BCUT2D eigenvalue weighted by molar-refractivity contribution is 0.0707. The second-order valence-corrected chi connectivity index (χ2v) is 10.5. The van der Waals surface area contributed by atoms with Crippen molar-refractivity contribution in [3.63, 3.8) is 0 Å². The number of benzene rings is 2. The van der Waals surface area contributed by atoms with Crippen molar-refractivity contribution < 1.29 is 23.2 Å². The fourth-order valence-corrected chi connectivity index (χ4v) is 5.63. The monoisotopic (exact) mass is 535 g/mol. The number of likely N-dealkylation sites (tertiary alicyclic amines) is 1. The highest BCUT2D eigenvalue weighted by molar-refractivity contribution is 9.10. The van der Waals surface area contributed by atoms with Gasteiger partial charge in [0, 0.05) is 24.6 Å². The number of nitrogens with zero attached hydrogens (tertiary/aromatic N) is 2. The SMILES string of the molecule is CC#CC(Oc1ccc(S(=O)(=O)N(C)c2c(C)cc(Br)cc2C(=O)NO)cc1)N1CCCC1. The molecule has 8 nitrogen and oxygen atoms in total. The predicted octanol–water partition coefficient (Wildman–Crippen LogP) is 3.53. The molecule has 1 unspecified atom stereocenters. The number of rotatable bonds is 7. The van der Waals surface area contributed by atoms with Gasteiger partial charge in [0.05, 0.1) is 16.1 Å². The molecule has 0 aliphatic carbocycles. The van der Waals surface area contributed by atoms with Crippen LogP contribution in [-0.2, 0) is 10.0 Å². The average Bonchev–Trinajstić information content (AvgIpc) is 3.32. The Morgan fingerprint density at radius 1 is 1.24 bits per heavy atom. The first-order valence-electron chi connectivity index (χ1n) is 10.4. The van der Waals surface area contributed by atoms with E-state index in [4.69, 9.17) is 9.94 Å². The summed E-state index contributed by atoms with van der Waals surface area (Å²) in [6, 6.07) is 9.25. The number of hydroxylamine groups is 1. The van der Waals surface area contributed by atoms with E-state index in [0.29, 0.717) is 15.8 Å². The zero-order valence-corrected chi connectivity index (χ0v) is 21.0. The number of carbonyl (C=O) groups is 1. The molecule has 0 spiro atoms. The lowest BCUT2D eigenvalue weighted by Crippen LogP contribution is -2.36. The van der Waals surface area contributed by atoms with Crippen LogP contribution in [-0.4, -0.2) is 50.8 Å². The van der Waals surface area contributed by atoms with Gasteiger partial charge in [-0.15, -0.1) is 5.92 Å². The number of ether oxygens (including phenoxy) is 1. The Hall–Kier alpha value is -2.58. The Balaban J connectivity index is 1.89. The van der Waals surface area contributed by atoms with Crippen molar-refractivity contribution in [2.24, 2.45) is 0 Å². The summed E-state index contributed by atoms with van der Waals surface area (Å²) in [6.45, 7) is 5.26. The van der Waals surface area contributed by atoms with Gasteiger partial charge >= 0.3 is 0 Å². The molecule has 0 bridgehead atoms. The van der Waals surface area contributed by atoms with E-state index < -0.39 is 15.9 Å². The van der Waals surface area contributed by atoms with Crippen LogP contribution in [0, 0.1) is 18.8 Å². The standard InChI is InChI=1S/C23H26BrN3O5S/c1-4-7-21(27-12-5-6-13-27)32-18-8-10-19(11-9-18)33(30,31)26(3)22-16(2)14-17(24)15-20(22)23(28)25-29/h8-11,14-15,21,29H,5-6,12-13H2,1-3H3,(H,25,28). The fourth-order valence-electron chi connectivity index (χ4n) is 3.78.